The van der Waals surface area contributed by atoms with Gasteiger partial charge in [-0.3, -0.25) is 0 Å². The van der Waals surface area contributed by atoms with Crippen molar-refractivity contribution in [1.29, 1.82) is 0 Å². The van der Waals surface area contributed by atoms with E-state index >= 15 is 0 Å². The third-order valence-electron chi connectivity index (χ3n) is 2.49. The number of carboxylic acids is 1. The predicted octanol–water partition coefficient (Wildman–Crippen LogP) is 4.14. The Balaban J connectivity index is 2.48. The van der Waals surface area contributed by atoms with Crippen LogP contribution in [0.3, 0.4) is 0 Å². The van der Waals surface area contributed by atoms with Crippen molar-refractivity contribution in [3.63, 3.8) is 0 Å². The van der Waals surface area contributed by atoms with E-state index in [2.05, 4.69) is 5.32 Å². The molecular formula is C13H9Cl2NO3. The Morgan fingerprint density at radius 1 is 1.11 bits per heavy atom. The van der Waals surface area contributed by atoms with Crippen molar-refractivity contribution in [2.75, 3.05) is 5.32 Å². The van der Waals surface area contributed by atoms with E-state index in [4.69, 9.17) is 28.3 Å². The van der Waals surface area contributed by atoms with Gasteiger partial charge < -0.3 is 15.5 Å². The van der Waals surface area contributed by atoms with Gasteiger partial charge in [0.2, 0.25) is 0 Å². The molecule has 6 heteroatoms. The highest BCUT2D eigenvalue weighted by Crippen LogP contribution is 2.39. The quantitative estimate of drug-likeness (QED) is 0.796. The molecule has 98 valence electrons. The smallest absolute Gasteiger partial charge is 0.337 e. The highest BCUT2D eigenvalue weighted by molar-refractivity contribution is 6.40. The van der Waals surface area contributed by atoms with Crippen molar-refractivity contribution in [2.45, 2.75) is 0 Å². The van der Waals surface area contributed by atoms with Gasteiger partial charge >= 0.3 is 5.97 Å². The van der Waals surface area contributed by atoms with Gasteiger partial charge in [0, 0.05) is 0 Å². The van der Waals surface area contributed by atoms with Crippen molar-refractivity contribution in [2.24, 2.45) is 0 Å². The molecule has 2 rings (SSSR count). The van der Waals surface area contributed by atoms with E-state index in [-0.39, 0.29) is 27.0 Å². The lowest BCUT2D eigenvalue weighted by molar-refractivity contribution is 0.0698. The normalized spacial score (nSPS) is 10.2. The summed E-state index contributed by atoms with van der Waals surface area (Å²) in [5.41, 5.74) is 0.680. The average Bonchev–Trinajstić information content (AvgIpc) is 2.39. The standard InChI is InChI=1S/C13H9Cl2NO3/c14-8-5-6-10(17)11(15)12(8)16-9-4-2-1-3-7(9)13(18)19/h1-6,16-17H,(H,18,19). The maximum Gasteiger partial charge on any atom is 0.337 e. The van der Waals surface area contributed by atoms with E-state index in [1.807, 2.05) is 0 Å². The van der Waals surface area contributed by atoms with E-state index < -0.39 is 5.97 Å². The number of benzene rings is 2. The second kappa shape index (κ2) is 5.38. The average molecular weight is 298 g/mol. The van der Waals surface area contributed by atoms with Crippen molar-refractivity contribution in [3.05, 3.63) is 52.0 Å². The first-order chi connectivity index (χ1) is 9.00. The van der Waals surface area contributed by atoms with Gasteiger partial charge in [-0.25, -0.2) is 4.79 Å². The van der Waals surface area contributed by atoms with E-state index in [0.717, 1.165) is 0 Å². The molecule has 0 aliphatic rings. The number of hydrogen-bond donors (Lipinski definition) is 3. The summed E-state index contributed by atoms with van der Waals surface area (Å²) in [5.74, 6) is -1.21. The second-order valence-electron chi connectivity index (χ2n) is 3.73. The van der Waals surface area contributed by atoms with Crippen LogP contribution in [0.15, 0.2) is 36.4 Å². The number of nitrogens with one attached hydrogen (secondary N) is 1. The molecule has 4 nitrogen and oxygen atoms in total. The first kappa shape index (κ1) is 13.5. The number of halogens is 2. The predicted molar refractivity (Wildman–Crippen MR) is 74.8 cm³/mol. The molecule has 0 amide bonds. The monoisotopic (exact) mass is 297 g/mol. The molecule has 0 unspecified atom stereocenters. The number of para-hydroxylation sites is 1. The van der Waals surface area contributed by atoms with Gasteiger partial charge in [-0.05, 0) is 24.3 Å². The Bertz CT molecular complexity index is 644. The Morgan fingerprint density at radius 2 is 1.79 bits per heavy atom. The number of phenolic OH excluding ortho intramolecular Hbond substituents is 1. The van der Waals surface area contributed by atoms with Crippen LogP contribution < -0.4 is 5.32 Å². The van der Waals surface area contributed by atoms with Gasteiger partial charge in [-0.1, -0.05) is 35.3 Å². The number of aromatic carboxylic acids is 1. The van der Waals surface area contributed by atoms with Gasteiger partial charge in [0.1, 0.15) is 10.8 Å². The van der Waals surface area contributed by atoms with Crippen LogP contribution in [0.25, 0.3) is 0 Å². The first-order valence-electron chi connectivity index (χ1n) is 5.27. The van der Waals surface area contributed by atoms with Gasteiger partial charge in [-0.15, -0.1) is 0 Å². The number of carboxylic acid groups (broad SMARTS) is 1. The van der Waals surface area contributed by atoms with Crippen LogP contribution in [0, 0.1) is 0 Å². The van der Waals surface area contributed by atoms with E-state index in [0.29, 0.717) is 5.69 Å². The Kier molecular flexibility index (Phi) is 3.83. The molecule has 19 heavy (non-hydrogen) atoms. The molecule has 0 radical (unpaired) electrons. The minimum Gasteiger partial charge on any atom is -0.506 e. The molecule has 0 aliphatic heterocycles. The lowest BCUT2D eigenvalue weighted by atomic mass is 10.1. The Labute approximate surface area is 119 Å². The van der Waals surface area contributed by atoms with Gasteiger partial charge in [0.25, 0.3) is 0 Å². The number of anilines is 2. The molecule has 0 aromatic heterocycles. The largest absolute Gasteiger partial charge is 0.506 e. The summed E-state index contributed by atoms with van der Waals surface area (Å²) in [5, 5.41) is 21.8. The summed E-state index contributed by atoms with van der Waals surface area (Å²) < 4.78 is 0. The maximum atomic E-state index is 11.1. The van der Waals surface area contributed by atoms with Crippen LogP contribution >= 0.6 is 23.2 Å². The minimum atomic E-state index is -1.07. The van der Waals surface area contributed by atoms with Crippen LogP contribution in [0.2, 0.25) is 10.0 Å². The maximum absolute atomic E-state index is 11.1. The molecule has 0 spiro atoms. The number of aromatic hydroxyl groups is 1. The molecule has 0 bridgehead atoms. The highest BCUT2D eigenvalue weighted by Gasteiger charge is 2.14. The first-order valence-corrected chi connectivity index (χ1v) is 6.02. The molecule has 0 saturated carbocycles. The van der Waals surface area contributed by atoms with Crippen LogP contribution in [0.4, 0.5) is 11.4 Å². The lowest BCUT2D eigenvalue weighted by Gasteiger charge is -2.13. The molecule has 2 aromatic rings. The van der Waals surface area contributed by atoms with Crippen molar-refractivity contribution in [3.8, 4) is 5.75 Å². The number of hydrogen-bond acceptors (Lipinski definition) is 3. The summed E-state index contributed by atoms with van der Waals surface area (Å²) in [6.45, 7) is 0. The van der Waals surface area contributed by atoms with Crippen LogP contribution in [0.1, 0.15) is 10.4 Å². The van der Waals surface area contributed by atoms with E-state index in [1.165, 1.54) is 18.2 Å². The minimum absolute atomic E-state index is 0.0349. The van der Waals surface area contributed by atoms with Gasteiger partial charge in [0.05, 0.1) is 22.0 Å². The van der Waals surface area contributed by atoms with Crippen LogP contribution in [0.5, 0.6) is 5.75 Å². The highest BCUT2D eigenvalue weighted by atomic mass is 35.5. The lowest BCUT2D eigenvalue weighted by Crippen LogP contribution is -2.03. The fourth-order valence-electron chi connectivity index (χ4n) is 1.57. The summed E-state index contributed by atoms with van der Waals surface area (Å²) in [4.78, 5) is 11.1. The zero-order valence-electron chi connectivity index (χ0n) is 9.52. The summed E-state index contributed by atoms with van der Waals surface area (Å²) in [6, 6.07) is 9.16. The van der Waals surface area contributed by atoms with Crippen molar-refractivity contribution < 1.29 is 15.0 Å². The SMILES string of the molecule is O=C(O)c1ccccc1Nc1c(Cl)ccc(O)c1Cl. The molecule has 0 heterocycles. The topological polar surface area (TPSA) is 69.6 Å². The molecule has 2 aromatic carbocycles. The number of carbonyl (C=O) groups is 1. The molecule has 0 aliphatic carbocycles. The Hall–Kier alpha value is -1.91. The zero-order chi connectivity index (χ0) is 14.0. The van der Waals surface area contributed by atoms with Gasteiger partial charge in [-0.2, -0.15) is 0 Å². The molecule has 0 saturated heterocycles. The van der Waals surface area contributed by atoms with Crippen LogP contribution in [-0.4, -0.2) is 16.2 Å². The number of rotatable bonds is 3. The molecular weight excluding hydrogens is 289 g/mol. The van der Waals surface area contributed by atoms with Crippen LogP contribution in [-0.2, 0) is 0 Å². The second-order valence-corrected chi connectivity index (χ2v) is 4.52. The molecule has 0 atom stereocenters. The van der Waals surface area contributed by atoms with Crippen molar-refractivity contribution >= 4 is 40.5 Å². The third kappa shape index (κ3) is 2.75. The zero-order valence-corrected chi connectivity index (χ0v) is 11.0. The molecule has 0 fully saturated rings. The van der Waals surface area contributed by atoms with E-state index in [1.54, 1.807) is 18.2 Å². The summed E-state index contributed by atoms with van der Waals surface area (Å²) in [7, 11) is 0. The third-order valence-corrected chi connectivity index (χ3v) is 3.19. The molecule has 3 N–H and O–H groups in total. The van der Waals surface area contributed by atoms with Gasteiger partial charge in [0.15, 0.2) is 0 Å². The number of phenols is 1. The Morgan fingerprint density at radius 3 is 2.47 bits per heavy atom. The summed E-state index contributed by atoms with van der Waals surface area (Å²) >= 11 is 11.9. The fourth-order valence-corrected chi connectivity index (χ4v) is 2.03. The summed E-state index contributed by atoms with van der Waals surface area (Å²) in [6.07, 6.45) is 0. The van der Waals surface area contributed by atoms with E-state index in [9.17, 15) is 9.90 Å². The van der Waals surface area contributed by atoms with Crippen molar-refractivity contribution in [1.82, 2.24) is 0 Å². The fraction of sp³-hybridized carbons (Fsp3) is 0.